The molecular weight excluding hydrogens is 316 g/mol. The van der Waals surface area contributed by atoms with Crippen LogP contribution in [0.25, 0.3) is 11.4 Å². The lowest BCUT2D eigenvalue weighted by molar-refractivity contribution is -0.0592. The zero-order valence-electron chi connectivity index (χ0n) is 14.4. The van der Waals surface area contributed by atoms with Gasteiger partial charge in [-0.25, -0.2) is 9.97 Å². The van der Waals surface area contributed by atoms with Crippen LogP contribution in [0.3, 0.4) is 0 Å². The Morgan fingerprint density at radius 1 is 1.20 bits per heavy atom. The number of aromatic nitrogens is 4. The Kier molecular flexibility index (Phi) is 3.30. The quantitative estimate of drug-likeness (QED) is 0.899. The van der Waals surface area contributed by atoms with Crippen LogP contribution in [0.1, 0.15) is 36.7 Å². The van der Waals surface area contributed by atoms with Gasteiger partial charge in [0.15, 0.2) is 0 Å². The summed E-state index contributed by atoms with van der Waals surface area (Å²) >= 11 is 0. The summed E-state index contributed by atoms with van der Waals surface area (Å²) in [6.45, 7) is 4.25. The van der Waals surface area contributed by atoms with Crippen molar-refractivity contribution in [2.75, 3.05) is 24.7 Å². The van der Waals surface area contributed by atoms with Gasteiger partial charge < -0.3 is 15.4 Å². The van der Waals surface area contributed by atoms with Crippen LogP contribution in [0.5, 0.6) is 0 Å². The fourth-order valence-electron chi connectivity index (χ4n) is 3.75. The van der Waals surface area contributed by atoms with Gasteiger partial charge in [0, 0.05) is 23.8 Å². The Morgan fingerprint density at radius 3 is 2.68 bits per heavy atom. The Morgan fingerprint density at radius 2 is 2.08 bits per heavy atom. The number of rotatable bonds is 3. The molecule has 5 rings (SSSR count). The van der Waals surface area contributed by atoms with E-state index in [-0.39, 0.29) is 0 Å². The van der Waals surface area contributed by atoms with E-state index >= 15 is 0 Å². The molecule has 0 radical (unpaired) electrons. The van der Waals surface area contributed by atoms with Gasteiger partial charge in [-0.3, -0.25) is 9.97 Å². The Bertz CT molecular complexity index is 817. The molecule has 1 aliphatic carbocycles. The summed E-state index contributed by atoms with van der Waals surface area (Å²) in [6, 6.07) is 0.511. The van der Waals surface area contributed by atoms with Gasteiger partial charge in [0.25, 0.3) is 0 Å². The molecule has 4 heterocycles. The van der Waals surface area contributed by atoms with Crippen molar-refractivity contribution in [2.45, 2.75) is 44.2 Å². The first-order valence-electron chi connectivity index (χ1n) is 9.00. The second-order valence-electron chi connectivity index (χ2n) is 7.42. The second kappa shape index (κ2) is 5.44. The number of hydrogen-bond donors (Lipinski definition) is 1. The van der Waals surface area contributed by atoms with Gasteiger partial charge in [-0.2, -0.15) is 0 Å². The van der Waals surface area contributed by atoms with Crippen LogP contribution < -0.4 is 10.6 Å². The predicted octanol–water partition coefficient (Wildman–Crippen LogP) is 1.21. The van der Waals surface area contributed by atoms with Crippen LogP contribution in [-0.2, 0) is 23.1 Å². The lowest BCUT2D eigenvalue weighted by atomic mass is 9.95. The molecule has 7 nitrogen and oxygen atoms in total. The van der Waals surface area contributed by atoms with Crippen molar-refractivity contribution in [3.63, 3.8) is 0 Å². The molecule has 1 atom stereocenters. The van der Waals surface area contributed by atoms with E-state index in [1.54, 1.807) is 12.4 Å². The first kappa shape index (κ1) is 15.2. The van der Waals surface area contributed by atoms with Gasteiger partial charge in [-0.15, -0.1) is 0 Å². The highest BCUT2D eigenvalue weighted by molar-refractivity contribution is 5.62. The monoisotopic (exact) mass is 338 g/mol. The van der Waals surface area contributed by atoms with E-state index in [1.807, 2.05) is 0 Å². The number of ether oxygens (including phenoxy) is 1. The molecule has 0 bridgehead atoms. The third-order valence-electron chi connectivity index (χ3n) is 5.62. The van der Waals surface area contributed by atoms with Crippen molar-refractivity contribution in [3.8, 4) is 11.4 Å². The van der Waals surface area contributed by atoms with Crippen LogP contribution in [0, 0.1) is 0 Å². The summed E-state index contributed by atoms with van der Waals surface area (Å²) in [7, 11) is 0. The Hall–Kier alpha value is -2.12. The van der Waals surface area contributed by atoms with Gasteiger partial charge in [-0.1, -0.05) is 0 Å². The van der Waals surface area contributed by atoms with Crippen molar-refractivity contribution in [1.82, 2.24) is 19.9 Å². The fraction of sp³-hybridized carbons (Fsp3) is 0.556. The van der Waals surface area contributed by atoms with Crippen LogP contribution in [0.4, 0.5) is 5.95 Å². The number of fused-ring (bicyclic) bond motifs is 1. The highest BCUT2D eigenvalue weighted by Crippen LogP contribution is 2.33. The number of nitrogens with zero attached hydrogens (tertiary/aromatic N) is 5. The molecule has 2 saturated heterocycles. The van der Waals surface area contributed by atoms with Gasteiger partial charge in [0.2, 0.25) is 5.95 Å². The molecule has 2 aromatic heterocycles. The lowest BCUT2D eigenvalue weighted by Crippen LogP contribution is -2.54. The zero-order chi connectivity index (χ0) is 17.0. The molecule has 0 amide bonds. The normalized spacial score (nSPS) is 23.8. The average Bonchev–Trinajstić information content (AvgIpc) is 3.06. The predicted molar refractivity (Wildman–Crippen MR) is 93.2 cm³/mol. The minimum absolute atomic E-state index is 0.489. The summed E-state index contributed by atoms with van der Waals surface area (Å²) in [5.41, 5.74) is 10.7. The van der Waals surface area contributed by atoms with E-state index in [4.69, 9.17) is 20.4 Å². The molecule has 2 N–H and O–H groups in total. The van der Waals surface area contributed by atoms with Crippen molar-refractivity contribution >= 4 is 5.95 Å². The number of aryl methyl sites for hydroxylation is 1. The van der Waals surface area contributed by atoms with E-state index in [0.717, 1.165) is 48.8 Å². The standard InChI is InChI=1S/C18H22N6O/c1-11-5-6-24(11)17-22-13-4-2-3-12(13)16(23-17)14-7-21-15(8-20-14)18(19)9-25-10-18/h7-8,11H,2-6,9-10,19H2,1H3/t11-/m0/s1. The fourth-order valence-corrected chi connectivity index (χ4v) is 3.75. The summed E-state index contributed by atoms with van der Waals surface area (Å²) in [5.74, 6) is 0.836. The molecule has 25 heavy (non-hydrogen) atoms. The van der Waals surface area contributed by atoms with Crippen molar-refractivity contribution in [3.05, 3.63) is 29.3 Å². The maximum absolute atomic E-state index is 6.25. The third kappa shape index (κ3) is 2.33. The van der Waals surface area contributed by atoms with E-state index in [0.29, 0.717) is 19.3 Å². The minimum atomic E-state index is -0.489. The van der Waals surface area contributed by atoms with E-state index in [1.165, 1.54) is 17.7 Å². The van der Waals surface area contributed by atoms with Gasteiger partial charge in [0.05, 0.1) is 37.0 Å². The van der Waals surface area contributed by atoms with Crippen LogP contribution in [0.2, 0.25) is 0 Å². The van der Waals surface area contributed by atoms with Crippen molar-refractivity contribution < 1.29 is 4.74 Å². The molecule has 0 aromatic carbocycles. The van der Waals surface area contributed by atoms with E-state index in [2.05, 4.69) is 21.8 Å². The molecule has 2 fully saturated rings. The lowest BCUT2D eigenvalue weighted by Gasteiger charge is -2.39. The summed E-state index contributed by atoms with van der Waals surface area (Å²) in [6.07, 6.45) is 7.93. The highest BCUT2D eigenvalue weighted by Gasteiger charge is 2.38. The van der Waals surface area contributed by atoms with Gasteiger partial charge >= 0.3 is 0 Å². The van der Waals surface area contributed by atoms with Crippen LogP contribution >= 0.6 is 0 Å². The Labute approximate surface area is 146 Å². The van der Waals surface area contributed by atoms with Gasteiger partial charge in [0.1, 0.15) is 11.2 Å². The van der Waals surface area contributed by atoms with Crippen LogP contribution in [-0.4, -0.2) is 45.7 Å². The molecular formula is C18H22N6O. The smallest absolute Gasteiger partial charge is 0.226 e. The maximum Gasteiger partial charge on any atom is 0.226 e. The molecule has 0 unspecified atom stereocenters. The first-order valence-corrected chi connectivity index (χ1v) is 9.00. The van der Waals surface area contributed by atoms with E-state index in [9.17, 15) is 0 Å². The number of anilines is 1. The zero-order valence-corrected chi connectivity index (χ0v) is 14.4. The molecule has 2 aliphatic heterocycles. The molecule has 3 aliphatic rings. The maximum atomic E-state index is 6.25. The minimum Gasteiger partial charge on any atom is -0.377 e. The van der Waals surface area contributed by atoms with Crippen molar-refractivity contribution in [2.24, 2.45) is 5.73 Å². The topological polar surface area (TPSA) is 90.1 Å². The van der Waals surface area contributed by atoms with Gasteiger partial charge in [-0.05, 0) is 32.6 Å². The largest absolute Gasteiger partial charge is 0.377 e. The van der Waals surface area contributed by atoms with Crippen LogP contribution in [0.15, 0.2) is 12.4 Å². The number of nitrogens with two attached hydrogens (primary N) is 1. The van der Waals surface area contributed by atoms with E-state index < -0.39 is 5.54 Å². The SMILES string of the molecule is C[C@H]1CCN1c1nc2c(c(-c3cnc(C4(N)COC4)cn3)n1)CCC2. The number of hydrogen-bond acceptors (Lipinski definition) is 7. The molecule has 0 spiro atoms. The highest BCUT2D eigenvalue weighted by atomic mass is 16.5. The van der Waals surface area contributed by atoms with Crippen molar-refractivity contribution in [1.29, 1.82) is 0 Å². The summed E-state index contributed by atoms with van der Waals surface area (Å²) in [4.78, 5) is 21.1. The first-order chi connectivity index (χ1) is 12.1. The second-order valence-corrected chi connectivity index (χ2v) is 7.42. The average molecular weight is 338 g/mol. The molecule has 2 aromatic rings. The molecule has 130 valence electrons. The summed E-state index contributed by atoms with van der Waals surface area (Å²) in [5, 5.41) is 0. The Balaban J connectivity index is 1.54. The third-order valence-corrected chi connectivity index (χ3v) is 5.62. The molecule has 7 heteroatoms. The molecule has 0 saturated carbocycles. The summed E-state index contributed by atoms with van der Waals surface area (Å²) < 4.78 is 5.22.